The lowest BCUT2D eigenvalue weighted by molar-refractivity contribution is 1.07. The van der Waals surface area contributed by atoms with Crippen molar-refractivity contribution in [2.45, 2.75) is 6.54 Å². The molecule has 0 saturated heterocycles. The van der Waals surface area contributed by atoms with Crippen LogP contribution >= 0.6 is 11.6 Å². The number of halogens is 1. The first-order valence-electron chi connectivity index (χ1n) is 6.76. The van der Waals surface area contributed by atoms with Crippen LogP contribution in [0.1, 0.15) is 5.56 Å². The molecule has 21 heavy (non-hydrogen) atoms. The maximum atomic E-state index is 6.04. The molecule has 4 heteroatoms. The number of benzene rings is 2. The lowest BCUT2D eigenvalue weighted by atomic mass is 10.1. The molecule has 106 valence electrons. The van der Waals surface area contributed by atoms with Crippen molar-refractivity contribution in [1.82, 2.24) is 4.98 Å². The highest BCUT2D eigenvalue weighted by molar-refractivity contribution is 6.31. The van der Waals surface area contributed by atoms with Crippen molar-refractivity contribution >= 4 is 33.9 Å². The second-order valence-corrected chi connectivity index (χ2v) is 5.36. The number of pyridine rings is 1. The summed E-state index contributed by atoms with van der Waals surface area (Å²) in [4.78, 5) is 6.52. The van der Waals surface area contributed by atoms with E-state index in [4.69, 9.17) is 17.3 Å². The Morgan fingerprint density at radius 2 is 1.86 bits per heavy atom. The van der Waals surface area contributed by atoms with E-state index in [0.717, 1.165) is 27.8 Å². The number of hydrogen-bond donors (Lipinski definition) is 1. The van der Waals surface area contributed by atoms with Gasteiger partial charge in [0, 0.05) is 35.9 Å². The molecule has 0 spiro atoms. The highest BCUT2D eigenvalue weighted by Gasteiger charge is 2.09. The topological polar surface area (TPSA) is 42.1 Å². The second kappa shape index (κ2) is 5.72. The quantitative estimate of drug-likeness (QED) is 0.791. The van der Waals surface area contributed by atoms with Crippen molar-refractivity contribution in [3.63, 3.8) is 0 Å². The Kier molecular flexibility index (Phi) is 3.78. The van der Waals surface area contributed by atoms with Gasteiger partial charge in [0.2, 0.25) is 0 Å². The molecule has 1 heterocycles. The van der Waals surface area contributed by atoms with Crippen LogP contribution in [-0.2, 0) is 6.54 Å². The Morgan fingerprint density at radius 1 is 1.10 bits per heavy atom. The Hall–Kier alpha value is -2.10. The van der Waals surface area contributed by atoms with Gasteiger partial charge in [0.15, 0.2) is 0 Å². The number of nitrogens with zero attached hydrogens (tertiary/aromatic N) is 2. The minimum atomic E-state index is 0.556. The van der Waals surface area contributed by atoms with Gasteiger partial charge in [0.1, 0.15) is 0 Å². The molecule has 0 radical (unpaired) electrons. The van der Waals surface area contributed by atoms with Gasteiger partial charge in [-0.25, -0.2) is 0 Å². The zero-order valence-corrected chi connectivity index (χ0v) is 12.5. The first kappa shape index (κ1) is 13.9. The van der Waals surface area contributed by atoms with Crippen LogP contribution < -0.4 is 10.6 Å². The van der Waals surface area contributed by atoms with E-state index in [1.807, 2.05) is 43.4 Å². The largest absolute Gasteiger partial charge is 0.344 e. The lowest BCUT2D eigenvalue weighted by Gasteiger charge is -2.21. The Morgan fingerprint density at radius 3 is 2.57 bits per heavy atom. The predicted molar refractivity (Wildman–Crippen MR) is 89.1 cm³/mol. The van der Waals surface area contributed by atoms with Crippen LogP contribution in [0.25, 0.3) is 10.9 Å². The van der Waals surface area contributed by atoms with Crippen LogP contribution in [0, 0.1) is 0 Å². The maximum absolute atomic E-state index is 6.04. The van der Waals surface area contributed by atoms with Gasteiger partial charge in [-0.2, -0.15) is 0 Å². The highest BCUT2D eigenvalue weighted by Crippen LogP contribution is 2.31. The lowest BCUT2D eigenvalue weighted by Crippen LogP contribution is -2.10. The van der Waals surface area contributed by atoms with E-state index < -0.39 is 0 Å². The smallest absolute Gasteiger partial charge is 0.0737 e. The summed E-state index contributed by atoms with van der Waals surface area (Å²) in [6.45, 7) is 0.556. The van der Waals surface area contributed by atoms with Gasteiger partial charge >= 0.3 is 0 Å². The van der Waals surface area contributed by atoms with E-state index in [-0.39, 0.29) is 0 Å². The van der Waals surface area contributed by atoms with Crippen LogP contribution in [0.4, 0.5) is 11.4 Å². The monoisotopic (exact) mass is 297 g/mol. The van der Waals surface area contributed by atoms with Crippen molar-refractivity contribution in [3.05, 3.63) is 65.3 Å². The van der Waals surface area contributed by atoms with E-state index in [0.29, 0.717) is 11.6 Å². The highest BCUT2D eigenvalue weighted by atomic mass is 35.5. The fraction of sp³-hybridized carbons (Fsp3) is 0.118. The first-order chi connectivity index (χ1) is 10.2. The molecule has 0 amide bonds. The van der Waals surface area contributed by atoms with Gasteiger partial charge in [-0.05, 0) is 42.0 Å². The van der Waals surface area contributed by atoms with E-state index >= 15 is 0 Å². The molecule has 2 N–H and O–H groups in total. The van der Waals surface area contributed by atoms with Gasteiger partial charge in [0.25, 0.3) is 0 Å². The van der Waals surface area contributed by atoms with Crippen molar-refractivity contribution in [1.29, 1.82) is 0 Å². The predicted octanol–water partition coefficient (Wildman–Crippen LogP) is 4.11. The molecule has 3 rings (SSSR count). The molecule has 0 fully saturated rings. The Bertz CT molecular complexity index is 769. The van der Waals surface area contributed by atoms with Crippen LogP contribution in [0.15, 0.2) is 54.7 Å². The molecule has 0 aliphatic rings. The average Bonchev–Trinajstić information content (AvgIpc) is 2.53. The summed E-state index contributed by atoms with van der Waals surface area (Å²) in [7, 11) is 2.04. The minimum Gasteiger partial charge on any atom is -0.344 e. The van der Waals surface area contributed by atoms with Crippen molar-refractivity contribution in [2.24, 2.45) is 5.73 Å². The van der Waals surface area contributed by atoms with Gasteiger partial charge in [-0.3, -0.25) is 4.98 Å². The molecule has 0 saturated carbocycles. The number of aromatic nitrogens is 1. The molecule has 3 aromatic rings. The minimum absolute atomic E-state index is 0.556. The average molecular weight is 298 g/mol. The molecule has 0 bridgehead atoms. The SMILES string of the molecule is CN(c1ccc(CN)cc1)c1ccnc2cc(Cl)ccc12. The van der Waals surface area contributed by atoms with Crippen LogP contribution in [-0.4, -0.2) is 12.0 Å². The zero-order chi connectivity index (χ0) is 14.8. The van der Waals surface area contributed by atoms with Crippen LogP contribution in [0.3, 0.4) is 0 Å². The van der Waals surface area contributed by atoms with E-state index in [1.165, 1.54) is 0 Å². The molecule has 1 aromatic heterocycles. The molecule has 2 aromatic carbocycles. The van der Waals surface area contributed by atoms with Gasteiger partial charge in [-0.15, -0.1) is 0 Å². The number of anilines is 2. The molecule has 0 unspecified atom stereocenters. The second-order valence-electron chi connectivity index (χ2n) is 4.92. The summed E-state index contributed by atoms with van der Waals surface area (Å²) in [6, 6.07) is 16.0. The normalized spacial score (nSPS) is 10.8. The molecule has 0 atom stereocenters. The molecular formula is C17H16ClN3. The van der Waals surface area contributed by atoms with E-state index in [2.05, 4.69) is 22.0 Å². The number of hydrogen-bond acceptors (Lipinski definition) is 3. The molecule has 0 aliphatic carbocycles. The third-order valence-corrected chi connectivity index (χ3v) is 3.84. The number of fused-ring (bicyclic) bond motifs is 1. The van der Waals surface area contributed by atoms with Crippen LogP contribution in [0.5, 0.6) is 0 Å². The standard InChI is InChI=1S/C17H16ClN3/c1-21(14-5-2-12(11-19)3-6-14)17-8-9-20-16-10-13(18)4-7-15(16)17/h2-10H,11,19H2,1H3. The Labute approximate surface area is 129 Å². The number of nitrogens with two attached hydrogens (primary N) is 1. The number of rotatable bonds is 3. The van der Waals surface area contributed by atoms with Crippen molar-refractivity contribution < 1.29 is 0 Å². The summed E-state index contributed by atoms with van der Waals surface area (Å²) in [6.07, 6.45) is 1.80. The maximum Gasteiger partial charge on any atom is 0.0737 e. The summed E-state index contributed by atoms with van der Waals surface area (Å²) in [5.74, 6) is 0. The molecular weight excluding hydrogens is 282 g/mol. The third kappa shape index (κ3) is 2.71. The first-order valence-corrected chi connectivity index (χ1v) is 7.14. The van der Waals surface area contributed by atoms with E-state index in [1.54, 1.807) is 6.20 Å². The Balaban J connectivity index is 2.06. The van der Waals surface area contributed by atoms with Crippen LogP contribution in [0.2, 0.25) is 5.02 Å². The van der Waals surface area contributed by atoms with Gasteiger partial charge in [0.05, 0.1) is 11.2 Å². The molecule has 3 nitrogen and oxygen atoms in total. The fourth-order valence-electron chi connectivity index (χ4n) is 2.39. The summed E-state index contributed by atoms with van der Waals surface area (Å²) in [5, 5.41) is 1.77. The third-order valence-electron chi connectivity index (χ3n) is 3.60. The fourth-order valence-corrected chi connectivity index (χ4v) is 2.56. The van der Waals surface area contributed by atoms with E-state index in [9.17, 15) is 0 Å². The summed E-state index contributed by atoms with van der Waals surface area (Å²) >= 11 is 6.04. The van der Waals surface area contributed by atoms with Gasteiger partial charge in [-0.1, -0.05) is 23.7 Å². The zero-order valence-electron chi connectivity index (χ0n) is 11.8. The van der Waals surface area contributed by atoms with Gasteiger partial charge < -0.3 is 10.6 Å². The van der Waals surface area contributed by atoms with Crippen molar-refractivity contribution in [3.8, 4) is 0 Å². The summed E-state index contributed by atoms with van der Waals surface area (Å²) < 4.78 is 0. The van der Waals surface area contributed by atoms with Crippen molar-refractivity contribution in [2.75, 3.05) is 11.9 Å². The molecule has 0 aliphatic heterocycles. The summed E-state index contributed by atoms with van der Waals surface area (Å²) in [5.41, 5.74) is 9.86.